The van der Waals surface area contributed by atoms with Gasteiger partial charge in [0.25, 0.3) is 0 Å². The van der Waals surface area contributed by atoms with E-state index in [4.69, 9.17) is 10.5 Å². The highest BCUT2D eigenvalue weighted by molar-refractivity contribution is 5.15. The van der Waals surface area contributed by atoms with Gasteiger partial charge in [0.2, 0.25) is 0 Å². The summed E-state index contributed by atoms with van der Waals surface area (Å²) in [5.41, 5.74) is 7.20. The molecule has 0 saturated heterocycles. The second-order valence-corrected chi connectivity index (χ2v) is 4.28. The minimum Gasteiger partial charge on any atom is -0.385 e. The molecule has 1 aromatic carbocycles. The second-order valence-electron chi connectivity index (χ2n) is 4.28. The molecular formula is C14H23NO. The van der Waals surface area contributed by atoms with Crippen LogP contribution in [0.2, 0.25) is 0 Å². The number of ether oxygens (including phenoxy) is 1. The number of unbranched alkanes of at least 4 members (excludes halogenated alkanes) is 1. The largest absolute Gasteiger partial charge is 0.385 e. The maximum Gasteiger partial charge on any atom is 0.0462 e. The number of rotatable bonds is 8. The molecule has 1 rings (SSSR count). The fourth-order valence-corrected chi connectivity index (χ4v) is 1.93. The van der Waals surface area contributed by atoms with E-state index in [2.05, 4.69) is 30.3 Å². The summed E-state index contributed by atoms with van der Waals surface area (Å²) in [4.78, 5) is 0. The van der Waals surface area contributed by atoms with Crippen LogP contribution >= 0.6 is 0 Å². The Labute approximate surface area is 98.8 Å². The fraction of sp³-hybridized carbons (Fsp3) is 0.571. The Kier molecular flexibility index (Phi) is 6.86. The Morgan fingerprint density at radius 2 is 1.94 bits per heavy atom. The van der Waals surface area contributed by atoms with Crippen molar-refractivity contribution in [1.29, 1.82) is 0 Å². The Hall–Kier alpha value is -0.860. The van der Waals surface area contributed by atoms with Crippen molar-refractivity contribution in [1.82, 2.24) is 0 Å². The number of hydrogen-bond donors (Lipinski definition) is 1. The molecule has 0 aromatic heterocycles. The monoisotopic (exact) mass is 221 g/mol. The molecule has 2 nitrogen and oxygen atoms in total. The quantitative estimate of drug-likeness (QED) is 0.685. The van der Waals surface area contributed by atoms with Gasteiger partial charge in [0.05, 0.1) is 0 Å². The molecule has 2 heteroatoms. The van der Waals surface area contributed by atoms with E-state index < -0.39 is 0 Å². The summed E-state index contributed by atoms with van der Waals surface area (Å²) in [5, 5.41) is 0. The average molecular weight is 221 g/mol. The zero-order chi connectivity index (χ0) is 11.6. The Bertz CT molecular complexity index is 261. The average Bonchev–Trinajstić information content (AvgIpc) is 2.34. The highest BCUT2D eigenvalue weighted by atomic mass is 16.5. The van der Waals surface area contributed by atoms with E-state index in [1.807, 2.05) is 0 Å². The molecule has 1 atom stereocenters. The van der Waals surface area contributed by atoms with E-state index >= 15 is 0 Å². The molecule has 90 valence electrons. The van der Waals surface area contributed by atoms with Crippen LogP contribution in [-0.4, -0.2) is 20.3 Å². The minimum atomic E-state index is 0.610. The molecule has 0 fully saturated rings. The van der Waals surface area contributed by atoms with Gasteiger partial charge in [0.15, 0.2) is 0 Å². The molecule has 2 N–H and O–H groups in total. The summed E-state index contributed by atoms with van der Waals surface area (Å²) < 4.78 is 5.04. The van der Waals surface area contributed by atoms with Gasteiger partial charge in [-0.25, -0.2) is 0 Å². The van der Waals surface area contributed by atoms with Crippen LogP contribution in [0.1, 0.15) is 24.8 Å². The molecule has 0 aliphatic rings. The number of hydrogen-bond acceptors (Lipinski definition) is 2. The van der Waals surface area contributed by atoms with Crippen LogP contribution in [0.4, 0.5) is 0 Å². The summed E-state index contributed by atoms with van der Waals surface area (Å²) in [5.74, 6) is 0.610. The van der Waals surface area contributed by atoms with Crippen LogP contribution in [0, 0.1) is 5.92 Å². The topological polar surface area (TPSA) is 35.2 Å². The smallest absolute Gasteiger partial charge is 0.0462 e. The highest BCUT2D eigenvalue weighted by Crippen LogP contribution is 2.14. The van der Waals surface area contributed by atoms with Gasteiger partial charge in [0.1, 0.15) is 0 Å². The normalized spacial score (nSPS) is 12.6. The van der Waals surface area contributed by atoms with Crippen molar-refractivity contribution in [3.8, 4) is 0 Å². The predicted octanol–water partition coefficient (Wildman–Crippen LogP) is 2.62. The van der Waals surface area contributed by atoms with E-state index in [1.165, 1.54) is 18.4 Å². The van der Waals surface area contributed by atoms with E-state index in [1.54, 1.807) is 7.11 Å². The van der Waals surface area contributed by atoms with Gasteiger partial charge in [-0.1, -0.05) is 36.8 Å². The number of nitrogens with two attached hydrogens (primary N) is 1. The van der Waals surface area contributed by atoms with Gasteiger partial charge in [0, 0.05) is 13.7 Å². The van der Waals surface area contributed by atoms with Crippen LogP contribution in [0.15, 0.2) is 30.3 Å². The predicted molar refractivity (Wildman–Crippen MR) is 68.4 cm³/mol. The molecule has 0 radical (unpaired) electrons. The molecule has 0 saturated carbocycles. The molecule has 0 spiro atoms. The summed E-state index contributed by atoms with van der Waals surface area (Å²) in [6.07, 6.45) is 4.66. The lowest BCUT2D eigenvalue weighted by Crippen LogP contribution is -2.17. The van der Waals surface area contributed by atoms with Gasteiger partial charge in [-0.3, -0.25) is 0 Å². The van der Waals surface area contributed by atoms with Crippen molar-refractivity contribution in [3.05, 3.63) is 35.9 Å². The van der Waals surface area contributed by atoms with Crippen LogP contribution in [0.5, 0.6) is 0 Å². The van der Waals surface area contributed by atoms with E-state index in [9.17, 15) is 0 Å². The van der Waals surface area contributed by atoms with E-state index in [-0.39, 0.29) is 0 Å². The zero-order valence-corrected chi connectivity index (χ0v) is 10.2. The van der Waals surface area contributed by atoms with Crippen LogP contribution < -0.4 is 5.73 Å². The number of benzene rings is 1. The van der Waals surface area contributed by atoms with Gasteiger partial charge in [-0.15, -0.1) is 0 Å². The molecule has 0 aliphatic carbocycles. The van der Waals surface area contributed by atoms with Gasteiger partial charge in [-0.2, -0.15) is 0 Å². The molecule has 0 bridgehead atoms. The molecular weight excluding hydrogens is 198 g/mol. The van der Waals surface area contributed by atoms with Crippen LogP contribution in [0.3, 0.4) is 0 Å². The van der Waals surface area contributed by atoms with E-state index in [0.717, 1.165) is 26.0 Å². The highest BCUT2D eigenvalue weighted by Gasteiger charge is 2.07. The zero-order valence-electron chi connectivity index (χ0n) is 10.2. The third-order valence-corrected chi connectivity index (χ3v) is 2.91. The Morgan fingerprint density at radius 1 is 1.19 bits per heavy atom. The van der Waals surface area contributed by atoms with E-state index in [0.29, 0.717) is 5.92 Å². The molecule has 16 heavy (non-hydrogen) atoms. The third kappa shape index (κ3) is 5.29. The third-order valence-electron chi connectivity index (χ3n) is 2.91. The van der Waals surface area contributed by atoms with Crippen LogP contribution in [-0.2, 0) is 11.2 Å². The second kappa shape index (κ2) is 8.31. The summed E-state index contributed by atoms with van der Waals surface area (Å²) in [6, 6.07) is 10.6. The standard InChI is InChI=1S/C14H23NO/c1-16-10-6-5-9-14(12-15)11-13-7-3-2-4-8-13/h2-4,7-8,14H,5-6,9-12,15H2,1H3. The first-order valence-electron chi connectivity index (χ1n) is 6.09. The number of methoxy groups -OCH3 is 1. The van der Waals surface area contributed by atoms with Crippen molar-refractivity contribution >= 4 is 0 Å². The van der Waals surface area contributed by atoms with Crippen molar-refractivity contribution in [2.24, 2.45) is 11.7 Å². The first kappa shape index (κ1) is 13.2. The molecule has 1 unspecified atom stereocenters. The van der Waals surface area contributed by atoms with Crippen molar-refractivity contribution in [2.75, 3.05) is 20.3 Å². The van der Waals surface area contributed by atoms with Crippen molar-refractivity contribution in [2.45, 2.75) is 25.7 Å². The van der Waals surface area contributed by atoms with Crippen LogP contribution in [0.25, 0.3) is 0 Å². The molecule has 0 amide bonds. The van der Waals surface area contributed by atoms with Crippen molar-refractivity contribution in [3.63, 3.8) is 0 Å². The summed E-state index contributed by atoms with van der Waals surface area (Å²) >= 11 is 0. The lowest BCUT2D eigenvalue weighted by Gasteiger charge is -2.14. The maximum atomic E-state index is 5.80. The van der Waals surface area contributed by atoms with Gasteiger partial charge >= 0.3 is 0 Å². The minimum absolute atomic E-state index is 0.610. The summed E-state index contributed by atoms with van der Waals surface area (Å²) in [6.45, 7) is 1.64. The first-order valence-corrected chi connectivity index (χ1v) is 6.09. The van der Waals surface area contributed by atoms with Crippen molar-refractivity contribution < 1.29 is 4.74 Å². The lowest BCUT2D eigenvalue weighted by molar-refractivity contribution is 0.190. The Balaban J connectivity index is 2.26. The molecule has 0 aliphatic heterocycles. The first-order chi connectivity index (χ1) is 7.86. The maximum absolute atomic E-state index is 5.80. The molecule has 0 heterocycles. The van der Waals surface area contributed by atoms with Gasteiger partial charge in [-0.05, 0) is 37.3 Å². The van der Waals surface area contributed by atoms with Gasteiger partial charge < -0.3 is 10.5 Å². The Morgan fingerprint density at radius 3 is 2.56 bits per heavy atom. The SMILES string of the molecule is COCCCCC(CN)Cc1ccccc1. The fourth-order valence-electron chi connectivity index (χ4n) is 1.93. The summed E-state index contributed by atoms with van der Waals surface area (Å²) in [7, 11) is 1.75. The molecule has 1 aromatic rings. The lowest BCUT2D eigenvalue weighted by atomic mass is 9.94.